The summed E-state index contributed by atoms with van der Waals surface area (Å²) in [7, 11) is -3.76. The number of rotatable bonds is 5. The van der Waals surface area contributed by atoms with E-state index >= 15 is 0 Å². The largest absolute Gasteiger partial charge is 0.466 e. The smallest absolute Gasteiger partial charge is 0.306 e. The van der Waals surface area contributed by atoms with Gasteiger partial charge in [0.05, 0.1) is 17.9 Å². The average Bonchev–Trinajstić information content (AvgIpc) is 2.55. The molecular weight excluding hydrogens is 316 g/mol. The molecule has 1 unspecified atom stereocenters. The second kappa shape index (κ2) is 7.29. The van der Waals surface area contributed by atoms with Crippen molar-refractivity contribution >= 4 is 16.0 Å². The molecule has 0 spiro atoms. The molecule has 6 nitrogen and oxygen atoms in total. The van der Waals surface area contributed by atoms with Crippen LogP contribution in [-0.2, 0) is 19.6 Å². The molecule has 23 heavy (non-hydrogen) atoms. The number of carbonyl (C=O) groups excluding carboxylic acids is 1. The third kappa shape index (κ3) is 3.90. The fourth-order valence-electron chi connectivity index (χ4n) is 2.45. The molecule has 1 heterocycles. The Morgan fingerprint density at radius 3 is 2.70 bits per heavy atom. The standard InChI is InChI=1S/C16H18N2O4S/c1-2-22-16(19)11-13-8-9-18(14(10-13)12-17)23(20,21)15-6-4-3-5-7-15/h3-7,10,13H,2,8-9,11H2,1H3. The highest BCUT2D eigenvalue weighted by molar-refractivity contribution is 7.89. The van der Waals surface area contributed by atoms with Crippen LogP contribution in [0.15, 0.2) is 47.0 Å². The molecule has 0 saturated heterocycles. The first-order valence-electron chi connectivity index (χ1n) is 7.34. The molecule has 1 aromatic carbocycles. The van der Waals surface area contributed by atoms with E-state index < -0.39 is 10.0 Å². The maximum Gasteiger partial charge on any atom is 0.306 e. The SMILES string of the molecule is CCOC(=O)CC1C=C(C#N)N(S(=O)(=O)c2ccccc2)CC1. The number of hydrogen-bond acceptors (Lipinski definition) is 5. The number of hydrogen-bond donors (Lipinski definition) is 0. The van der Waals surface area contributed by atoms with Crippen molar-refractivity contribution in [3.63, 3.8) is 0 Å². The van der Waals surface area contributed by atoms with Crippen molar-refractivity contribution in [2.75, 3.05) is 13.2 Å². The molecule has 7 heteroatoms. The summed E-state index contributed by atoms with van der Waals surface area (Å²) in [6, 6.07) is 9.91. The van der Waals surface area contributed by atoms with Gasteiger partial charge in [-0.15, -0.1) is 0 Å². The first-order chi connectivity index (χ1) is 11.0. The van der Waals surface area contributed by atoms with E-state index in [0.29, 0.717) is 13.0 Å². The maximum absolute atomic E-state index is 12.6. The van der Waals surface area contributed by atoms with Gasteiger partial charge in [-0.05, 0) is 37.5 Å². The molecule has 1 atom stereocenters. The van der Waals surface area contributed by atoms with Crippen LogP contribution in [0.1, 0.15) is 19.8 Å². The quantitative estimate of drug-likeness (QED) is 0.769. The van der Waals surface area contributed by atoms with Gasteiger partial charge in [0, 0.05) is 6.54 Å². The van der Waals surface area contributed by atoms with Gasteiger partial charge < -0.3 is 4.74 Å². The third-order valence-electron chi connectivity index (χ3n) is 3.55. The van der Waals surface area contributed by atoms with Gasteiger partial charge in [0.1, 0.15) is 11.8 Å². The van der Waals surface area contributed by atoms with E-state index in [4.69, 9.17) is 4.74 Å². The van der Waals surface area contributed by atoms with Gasteiger partial charge in [-0.1, -0.05) is 18.2 Å². The summed E-state index contributed by atoms with van der Waals surface area (Å²) in [5, 5.41) is 9.29. The third-order valence-corrected chi connectivity index (χ3v) is 5.37. The van der Waals surface area contributed by atoms with Gasteiger partial charge in [-0.3, -0.25) is 9.10 Å². The summed E-state index contributed by atoms with van der Waals surface area (Å²) >= 11 is 0. The molecule has 0 fully saturated rings. The van der Waals surface area contributed by atoms with Crippen LogP contribution in [0.3, 0.4) is 0 Å². The lowest BCUT2D eigenvalue weighted by molar-refractivity contribution is -0.143. The number of benzene rings is 1. The van der Waals surface area contributed by atoms with Crippen LogP contribution < -0.4 is 0 Å². The van der Waals surface area contributed by atoms with E-state index in [0.717, 1.165) is 4.31 Å². The van der Waals surface area contributed by atoms with E-state index in [-0.39, 0.29) is 35.4 Å². The summed E-state index contributed by atoms with van der Waals surface area (Å²) in [6.07, 6.45) is 2.16. The van der Waals surface area contributed by atoms with Gasteiger partial charge in [-0.2, -0.15) is 5.26 Å². The summed E-state index contributed by atoms with van der Waals surface area (Å²) < 4.78 is 31.3. The predicted octanol–water partition coefficient (Wildman–Crippen LogP) is 2.06. The van der Waals surface area contributed by atoms with Crippen molar-refractivity contribution in [1.82, 2.24) is 4.31 Å². The minimum Gasteiger partial charge on any atom is -0.466 e. The van der Waals surface area contributed by atoms with Crippen molar-refractivity contribution in [2.45, 2.75) is 24.7 Å². The topological polar surface area (TPSA) is 87.5 Å². The Morgan fingerprint density at radius 2 is 2.09 bits per heavy atom. The van der Waals surface area contributed by atoms with Crippen LogP contribution in [-0.4, -0.2) is 31.8 Å². The minimum absolute atomic E-state index is 0.0504. The van der Waals surface area contributed by atoms with Crippen LogP contribution in [0.4, 0.5) is 0 Å². The Labute approximate surface area is 136 Å². The van der Waals surface area contributed by atoms with Gasteiger partial charge in [0.15, 0.2) is 0 Å². The number of nitriles is 1. The number of esters is 1. The maximum atomic E-state index is 12.6. The van der Waals surface area contributed by atoms with Crippen LogP contribution in [0.5, 0.6) is 0 Å². The zero-order chi connectivity index (χ0) is 16.9. The fourth-order valence-corrected chi connectivity index (χ4v) is 3.91. The molecule has 1 aromatic rings. The van der Waals surface area contributed by atoms with E-state index in [9.17, 15) is 18.5 Å². The van der Waals surface area contributed by atoms with E-state index in [1.807, 2.05) is 6.07 Å². The second-order valence-corrected chi connectivity index (χ2v) is 6.97. The Morgan fingerprint density at radius 1 is 1.39 bits per heavy atom. The Kier molecular flexibility index (Phi) is 5.40. The molecule has 2 rings (SSSR count). The van der Waals surface area contributed by atoms with Crippen LogP contribution in [0.25, 0.3) is 0 Å². The van der Waals surface area contributed by atoms with Crippen molar-refractivity contribution in [3.8, 4) is 6.07 Å². The van der Waals surface area contributed by atoms with Crippen molar-refractivity contribution in [3.05, 3.63) is 42.1 Å². The molecular formula is C16H18N2O4S. The van der Waals surface area contributed by atoms with Crippen LogP contribution in [0, 0.1) is 17.2 Å². The number of nitrogens with zero attached hydrogens (tertiary/aromatic N) is 2. The first-order valence-corrected chi connectivity index (χ1v) is 8.78. The van der Waals surface area contributed by atoms with E-state index in [1.165, 1.54) is 12.1 Å². The molecule has 0 aliphatic carbocycles. The monoisotopic (exact) mass is 334 g/mol. The summed E-state index contributed by atoms with van der Waals surface area (Å²) in [6.45, 7) is 2.19. The summed E-state index contributed by atoms with van der Waals surface area (Å²) in [4.78, 5) is 11.7. The molecule has 0 bridgehead atoms. The molecule has 0 N–H and O–H groups in total. The molecule has 1 aliphatic heterocycles. The predicted molar refractivity (Wildman–Crippen MR) is 83.4 cm³/mol. The number of sulfonamides is 1. The van der Waals surface area contributed by atoms with E-state index in [2.05, 4.69) is 0 Å². The molecule has 122 valence electrons. The highest BCUT2D eigenvalue weighted by Crippen LogP contribution is 2.28. The molecule has 0 radical (unpaired) electrons. The van der Waals surface area contributed by atoms with Crippen LogP contribution in [0.2, 0.25) is 0 Å². The fraction of sp³-hybridized carbons (Fsp3) is 0.375. The van der Waals surface area contributed by atoms with Gasteiger partial charge in [0.25, 0.3) is 10.0 Å². The normalized spacial score (nSPS) is 18.0. The molecule has 0 aromatic heterocycles. The lowest BCUT2D eigenvalue weighted by Crippen LogP contribution is -2.35. The van der Waals surface area contributed by atoms with Gasteiger partial charge in [0.2, 0.25) is 0 Å². The van der Waals surface area contributed by atoms with Crippen molar-refractivity contribution in [2.24, 2.45) is 5.92 Å². The minimum atomic E-state index is -3.76. The highest BCUT2D eigenvalue weighted by atomic mass is 32.2. The lowest BCUT2D eigenvalue weighted by Gasteiger charge is -2.29. The van der Waals surface area contributed by atoms with Gasteiger partial charge >= 0.3 is 5.97 Å². The first kappa shape index (κ1) is 17.0. The summed E-state index contributed by atoms with van der Waals surface area (Å²) in [5.41, 5.74) is 0.0504. The second-order valence-electron chi connectivity index (χ2n) is 5.11. The summed E-state index contributed by atoms with van der Waals surface area (Å²) in [5.74, 6) is -0.531. The molecule has 0 saturated carbocycles. The van der Waals surface area contributed by atoms with Crippen LogP contribution >= 0.6 is 0 Å². The lowest BCUT2D eigenvalue weighted by atomic mass is 9.97. The zero-order valence-electron chi connectivity index (χ0n) is 12.8. The van der Waals surface area contributed by atoms with E-state index in [1.54, 1.807) is 31.2 Å². The van der Waals surface area contributed by atoms with Gasteiger partial charge in [-0.25, -0.2) is 8.42 Å². The number of carbonyl (C=O) groups is 1. The number of ether oxygens (including phenoxy) is 1. The number of allylic oxidation sites excluding steroid dienone is 2. The Bertz CT molecular complexity index is 735. The zero-order valence-corrected chi connectivity index (χ0v) is 13.6. The highest BCUT2D eigenvalue weighted by Gasteiger charge is 2.31. The Hall–Kier alpha value is -2.33. The molecule has 0 amide bonds. The van der Waals surface area contributed by atoms with Crippen molar-refractivity contribution < 1.29 is 17.9 Å². The molecule has 1 aliphatic rings. The Balaban J connectivity index is 2.23. The van der Waals surface area contributed by atoms with Crippen molar-refractivity contribution in [1.29, 1.82) is 5.26 Å². The average molecular weight is 334 g/mol.